The second kappa shape index (κ2) is 12.6. The Kier molecular flexibility index (Phi) is 12.9. The average Bonchev–Trinajstić information content (AvgIpc) is 2.33. The van der Waals surface area contributed by atoms with E-state index < -0.39 is 6.72 Å². The van der Waals surface area contributed by atoms with E-state index in [1.54, 1.807) is 0 Å². The number of unbranched alkanes of at least 4 members (excludes halogenated alkanes) is 7. The quantitative estimate of drug-likeness (QED) is 0.321. The van der Waals surface area contributed by atoms with E-state index >= 15 is 0 Å². The van der Waals surface area contributed by atoms with Gasteiger partial charge in [-0.15, -0.1) is 0 Å². The van der Waals surface area contributed by atoms with Crippen molar-refractivity contribution >= 4 is 17.7 Å². The number of hydrogen-bond acceptors (Lipinski definition) is 1. The maximum atomic E-state index is 9.62. The van der Waals surface area contributed by atoms with Gasteiger partial charge in [0, 0.05) is 6.42 Å². The van der Waals surface area contributed by atoms with E-state index in [0.717, 1.165) is 31.4 Å². The zero-order valence-corrected chi connectivity index (χ0v) is 13.6. The molecule has 0 aliphatic heterocycles. The number of rotatable bonds is 12. The van der Waals surface area contributed by atoms with Gasteiger partial charge in [-0.25, -0.2) is 0 Å². The molecule has 0 bridgehead atoms. The molecule has 3 nitrogen and oxygen atoms in total. The Labute approximate surface area is 116 Å². The SMILES string of the molecule is CCCCCCCCCOP(O)(O)=[S+]CCCC. The first kappa shape index (κ1) is 18.5. The summed E-state index contributed by atoms with van der Waals surface area (Å²) in [5.74, 6) is 0.772. The topological polar surface area (TPSA) is 49.7 Å². The molecule has 0 saturated carbocycles. The van der Waals surface area contributed by atoms with Gasteiger partial charge in [-0.1, -0.05) is 58.8 Å². The summed E-state index contributed by atoms with van der Waals surface area (Å²) in [6.45, 7) is 1.67. The predicted octanol–water partition coefficient (Wildman–Crippen LogP) is 4.30. The molecule has 110 valence electrons. The summed E-state index contributed by atoms with van der Waals surface area (Å²) in [4.78, 5) is 19.2. The highest BCUT2D eigenvalue weighted by Gasteiger charge is 2.24. The van der Waals surface area contributed by atoms with E-state index in [0.29, 0.717) is 6.61 Å². The molecule has 0 radical (unpaired) electrons. The van der Waals surface area contributed by atoms with E-state index in [4.69, 9.17) is 4.52 Å². The van der Waals surface area contributed by atoms with Gasteiger partial charge in [0.2, 0.25) is 10.9 Å². The Hall–Kier alpha value is 0.530. The van der Waals surface area contributed by atoms with Crippen molar-refractivity contribution < 1.29 is 14.3 Å². The van der Waals surface area contributed by atoms with Gasteiger partial charge < -0.3 is 0 Å². The second-order valence-electron chi connectivity index (χ2n) is 4.63. The molecule has 0 aromatic carbocycles. The lowest BCUT2D eigenvalue weighted by atomic mass is 10.1. The lowest BCUT2D eigenvalue weighted by Crippen LogP contribution is -1.95. The molecule has 0 atom stereocenters. The predicted molar refractivity (Wildman–Crippen MR) is 82.4 cm³/mol. The summed E-state index contributed by atoms with van der Waals surface area (Å²) in [6, 6.07) is 0. The molecular formula is C13H30O3PS+. The maximum absolute atomic E-state index is 9.62. The smallest absolute Gasteiger partial charge is 0.289 e. The van der Waals surface area contributed by atoms with Crippen LogP contribution in [-0.2, 0) is 15.5 Å². The molecule has 0 aromatic heterocycles. The highest BCUT2D eigenvalue weighted by Crippen LogP contribution is 2.39. The van der Waals surface area contributed by atoms with Gasteiger partial charge >= 0.3 is 6.72 Å². The third-order valence-corrected chi connectivity index (χ3v) is 5.96. The van der Waals surface area contributed by atoms with E-state index in [1.165, 1.54) is 43.0 Å². The lowest BCUT2D eigenvalue weighted by molar-refractivity contribution is 0.245. The minimum absolute atomic E-state index is 0.480. The van der Waals surface area contributed by atoms with Gasteiger partial charge in [-0.2, -0.15) is 0 Å². The molecule has 5 heteroatoms. The van der Waals surface area contributed by atoms with Crippen molar-refractivity contribution in [2.45, 2.75) is 71.6 Å². The van der Waals surface area contributed by atoms with E-state index in [-0.39, 0.29) is 0 Å². The molecule has 18 heavy (non-hydrogen) atoms. The average molecular weight is 297 g/mol. The Morgan fingerprint density at radius 3 is 2.00 bits per heavy atom. The van der Waals surface area contributed by atoms with E-state index in [9.17, 15) is 9.79 Å². The van der Waals surface area contributed by atoms with Crippen molar-refractivity contribution in [2.24, 2.45) is 0 Å². The molecular weight excluding hydrogens is 267 g/mol. The van der Waals surface area contributed by atoms with Crippen LogP contribution in [0.5, 0.6) is 0 Å². The normalized spacial score (nSPS) is 11.8. The van der Waals surface area contributed by atoms with Crippen LogP contribution >= 0.6 is 6.72 Å². The molecule has 0 aliphatic carbocycles. The molecule has 0 amide bonds. The summed E-state index contributed by atoms with van der Waals surface area (Å²) in [5, 5.41) is 0. The van der Waals surface area contributed by atoms with Gasteiger partial charge in [0.25, 0.3) is 0 Å². The van der Waals surface area contributed by atoms with Crippen LogP contribution in [0.1, 0.15) is 71.6 Å². The summed E-state index contributed by atoms with van der Waals surface area (Å²) >= 11 is 0. The molecule has 0 fully saturated rings. The highest BCUT2D eigenvalue weighted by atomic mass is 32.5. The third-order valence-electron chi connectivity index (χ3n) is 2.76. The van der Waals surface area contributed by atoms with Crippen LogP contribution in [-0.4, -0.2) is 22.1 Å². The third kappa shape index (κ3) is 13.0. The van der Waals surface area contributed by atoms with Crippen LogP contribution in [0.3, 0.4) is 0 Å². The molecule has 0 unspecified atom stereocenters. The van der Waals surface area contributed by atoms with Crippen molar-refractivity contribution in [3.8, 4) is 0 Å². The van der Waals surface area contributed by atoms with Crippen LogP contribution in [0.2, 0.25) is 0 Å². The van der Waals surface area contributed by atoms with Gasteiger partial charge in [-0.3, -0.25) is 14.3 Å². The van der Waals surface area contributed by atoms with Gasteiger partial charge in [0.15, 0.2) is 5.75 Å². The molecule has 0 aromatic rings. The number of hydrogen-bond donors (Lipinski definition) is 2. The fourth-order valence-electron chi connectivity index (χ4n) is 1.61. The van der Waals surface area contributed by atoms with Crippen molar-refractivity contribution in [1.82, 2.24) is 0 Å². The zero-order valence-electron chi connectivity index (χ0n) is 11.9. The largest absolute Gasteiger partial charge is 0.517 e. The van der Waals surface area contributed by atoms with E-state index in [2.05, 4.69) is 13.8 Å². The fraction of sp³-hybridized carbons (Fsp3) is 1.00. The van der Waals surface area contributed by atoms with Gasteiger partial charge in [0.05, 0.1) is 6.61 Å². The first-order valence-electron chi connectivity index (χ1n) is 7.26. The summed E-state index contributed by atoms with van der Waals surface area (Å²) in [6.07, 6.45) is 10.6. The lowest BCUT2D eigenvalue weighted by Gasteiger charge is -2.03. The second-order valence-corrected chi connectivity index (χ2v) is 8.74. The Morgan fingerprint density at radius 1 is 0.833 bits per heavy atom. The molecule has 0 rings (SSSR count). The maximum Gasteiger partial charge on any atom is 0.517 e. The van der Waals surface area contributed by atoms with Crippen LogP contribution in [0.25, 0.3) is 0 Å². The zero-order chi connectivity index (χ0) is 13.7. The Balaban J connectivity index is 3.43. The van der Waals surface area contributed by atoms with Gasteiger partial charge in [0.1, 0.15) is 0 Å². The minimum atomic E-state index is -3.12. The van der Waals surface area contributed by atoms with Crippen LogP contribution in [0.4, 0.5) is 0 Å². The molecule has 0 saturated heterocycles. The first-order valence-corrected chi connectivity index (χ1v) is 10.5. The van der Waals surface area contributed by atoms with Crippen LogP contribution < -0.4 is 0 Å². The summed E-state index contributed by atoms with van der Waals surface area (Å²) in [5.41, 5.74) is 0. The molecule has 0 spiro atoms. The Morgan fingerprint density at radius 2 is 1.39 bits per heavy atom. The van der Waals surface area contributed by atoms with Crippen LogP contribution in [0, 0.1) is 0 Å². The van der Waals surface area contributed by atoms with Gasteiger partial charge in [-0.05, 0) is 6.42 Å². The highest BCUT2D eigenvalue weighted by molar-refractivity contribution is 8.16. The van der Waals surface area contributed by atoms with Crippen molar-refractivity contribution in [3.63, 3.8) is 0 Å². The van der Waals surface area contributed by atoms with Crippen molar-refractivity contribution in [2.75, 3.05) is 12.4 Å². The fourth-order valence-corrected chi connectivity index (χ4v) is 4.25. The van der Waals surface area contributed by atoms with Crippen molar-refractivity contribution in [1.29, 1.82) is 0 Å². The first-order chi connectivity index (χ1) is 8.62. The van der Waals surface area contributed by atoms with Crippen molar-refractivity contribution in [3.05, 3.63) is 0 Å². The molecule has 0 heterocycles. The summed E-state index contributed by atoms with van der Waals surface area (Å²) < 4.78 is 5.19. The monoisotopic (exact) mass is 297 g/mol. The minimum Gasteiger partial charge on any atom is -0.289 e. The molecule has 2 N–H and O–H groups in total. The molecule has 0 aliphatic rings. The summed E-state index contributed by atoms with van der Waals surface area (Å²) in [7, 11) is 1.18. The van der Waals surface area contributed by atoms with E-state index in [1.807, 2.05) is 0 Å². The Bertz CT molecular complexity index is 228. The van der Waals surface area contributed by atoms with Crippen LogP contribution in [0.15, 0.2) is 0 Å². The standard InChI is InChI=1S/C13H30O3PS/c1-3-5-7-8-9-10-11-12-16-17(14,15)18-13-6-4-2/h14-15H,3-13H2,1-2H3/q+1.